The summed E-state index contributed by atoms with van der Waals surface area (Å²) >= 11 is 0. The summed E-state index contributed by atoms with van der Waals surface area (Å²) in [4.78, 5) is 24.9. The Hall–Kier alpha value is -3.02. The van der Waals surface area contributed by atoms with Gasteiger partial charge in [0, 0.05) is 5.56 Å². The fourth-order valence-electron chi connectivity index (χ4n) is 3.51. The molecule has 0 radical (unpaired) electrons. The van der Waals surface area contributed by atoms with Crippen LogP contribution >= 0.6 is 0 Å². The molecule has 0 aliphatic carbocycles. The summed E-state index contributed by atoms with van der Waals surface area (Å²) in [5.74, 6) is -1.13. The number of benzene rings is 1. The number of hydrogen-bond acceptors (Lipinski definition) is 5. The summed E-state index contributed by atoms with van der Waals surface area (Å²) in [6.45, 7) is 1.81. The third-order valence-electron chi connectivity index (χ3n) is 5.16. The number of carbonyl (C=O) groups is 2. The molecule has 0 saturated carbocycles. The molecule has 3 N–H and O–H groups in total. The van der Waals surface area contributed by atoms with Crippen LogP contribution in [-0.2, 0) is 6.42 Å². The van der Waals surface area contributed by atoms with Gasteiger partial charge in [0.25, 0.3) is 11.8 Å². The van der Waals surface area contributed by atoms with Crippen LogP contribution in [0.5, 0.6) is 0 Å². The number of unbranched alkanes of at least 4 members (excludes halogenated alkanes) is 2. The lowest BCUT2D eigenvalue weighted by molar-refractivity contribution is -0.123. The zero-order valence-corrected chi connectivity index (χ0v) is 19.7. The van der Waals surface area contributed by atoms with Crippen LogP contribution in [0.15, 0.2) is 24.3 Å². The number of aromatic nitrogens is 3. The number of alkyl halides is 4. The van der Waals surface area contributed by atoms with Gasteiger partial charge in [-0.25, -0.2) is 4.68 Å². The van der Waals surface area contributed by atoms with Crippen LogP contribution in [-0.4, -0.2) is 64.0 Å². The second-order valence-corrected chi connectivity index (χ2v) is 8.62. The molecule has 1 aromatic heterocycles. The van der Waals surface area contributed by atoms with Gasteiger partial charge in [0.2, 0.25) is 0 Å². The van der Waals surface area contributed by atoms with Gasteiger partial charge in [0.05, 0.1) is 30.7 Å². The molecule has 35 heavy (non-hydrogen) atoms. The molecule has 1 heterocycles. The number of aliphatic hydroxyl groups is 1. The largest absolute Gasteiger partial charge is 0.405 e. The molecule has 0 aliphatic rings. The Morgan fingerprint density at radius 3 is 2.34 bits per heavy atom. The molecule has 0 spiro atoms. The molecule has 1 aromatic carbocycles. The molecule has 0 fully saturated rings. The normalized spacial score (nSPS) is 12.6. The van der Waals surface area contributed by atoms with E-state index in [1.54, 1.807) is 5.32 Å². The molecule has 0 unspecified atom stereocenters. The van der Waals surface area contributed by atoms with Gasteiger partial charge in [-0.05, 0) is 55.9 Å². The maximum absolute atomic E-state index is 12.9. The number of nitrogens with one attached hydrogen (secondary N) is 2. The maximum atomic E-state index is 12.9. The molecule has 2 amide bonds. The van der Waals surface area contributed by atoms with E-state index in [0.717, 1.165) is 0 Å². The third-order valence-corrected chi connectivity index (χ3v) is 5.16. The van der Waals surface area contributed by atoms with Crippen molar-refractivity contribution < 1.29 is 32.3 Å². The minimum Gasteiger partial charge on any atom is -0.394 e. The van der Waals surface area contributed by atoms with Crippen LogP contribution < -0.4 is 10.6 Å². The van der Waals surface area contributed by atoms with Crippen LogP contribution in [0.2, 0.25) is 0 Å². The van der Waals surface area contributed by atoms with Crippen molar-refractivity contribution in [3.8, 4) is 5.69 Å². The quantitative estimate of drug-likeness (QED) is 0.288. The second kappa shape index (κ2) is 13.2. The van der Waals surface area contributed by atoms with Crippen LogP contribution in [0.4, 0.5) is 17.6 Å². The molecule has 0 aliphatic heterocycles. The first-order chi connectivity index (χ1) is 16.6. The molecular weight excluding hydrogens is 470 g/mol. The van der Waals surface area contributed by atoms with Crippen molar-refractivity contribution in [1.29, 1.82) is 0 Å². The molecule has 12 heteroatoms. The lowest BCUT2D eigenvalue weighted by Gasteiger charge is -2.18. The van der Waals surface area contributed by atoms with E-state index >= 15 is 0 Å². The van der Waals surface area contributed by atoms with Crippen molar-refractivity contribution in [3.63, 3.8) is 0 Å². The highest BCUT2D eigenvalue weighted by molar-refractivity contribution is 5.94. The van der Waals surface area contributed by atoms with Crippen molar-refractivity contribution >= 4 is 11.8 Å². The van der Waals surface area contributed by atoms with Crippen LogP contribution in [0.1, 0.15) is 66.1 Å². The Labute approximate surface area is 201 Å². The van der Waals surface area contributed by atoms with Gasteiger partial charge in [-0.1, -0.05) is 25.5 Å². The predicted octanol–water partition coefficient (Wildman–Crippen LogP) is 3.38. The summed E-state index contributed by atoms with van der Waals surface area (Å²) < 4.78 is 51.0. The number of hydrogen-bond donors (Lipinski definition) is 3. The number of halogens is 4. The molecule has 2 aromatic rings. The van der Waals surface area contributed by atoms with E-state index in [4.69, 9.17) is 0 Å². The molecule has 0 bridgehead atoms. The fraction of sp³-hybridized carbons (Fsp3) is 0.565. The average Bonchev–Trinajstić information content (AvgIpc) is 3.23. The third kappa shape index (κ3) is 8.93. The van der Waals surface area contributed by atoms with Gasteiger partial charge >= 0.3 is 6.18 Å². The first-order valence-corrected chi connectivity index (χ1v) is 11.4. The van der Waals surface area contributed by atoms with Crippen molar-refractivity contribution in [3.05, 3.63) is 41.2 Å². The van der Waals surface area contributed by atoms with E-state index in [-0.39, 0.29) is 23.8 Å². The van der Waals surface area contributed by atoms with E-state index in [2.05, 4.69) is 15.6 Å². The van der Waals surface area contributed by atoms with Gasteiger partial charge < -0.3 is 15.7 Å². The van der Waals surface area contributed by atoms with E-state index in [0.29, 0.717) is 43.5 Å². The standard InChI is InChI=1S/C23H31F4N5O3/c1-15(2)12-17(13-33)29-22(35)20-19(6-4-3-5-11-24)32(31-30-20)18-9-7-16(8-10-18)21(34)28-14-23(25,26)27/h7-10,15,17,33H,3-6,11-14H2,1-2H3,(H,28,34)(H,29,35)/t17-/m1/s1. The number of aliphatic hydroxyl groups excluding tert-OH is 1. The molecular formula is C23H31F4N5O3. The van der Waals surface area contributed by atoms with E-state index in [9.17, 15) is 32.3 Å². The van der Waals surface area contributed by atoms with Gasteiger partial charge in [-0.3, -0.25) is 14.0 Å². The van der Waals surface area contributed by atoms with Crippen LogP contribution in [0.3, 0.4) is 0 Å². The fourth-order valence-corrected chi connectivity index (χ4v) is 3.51. The lowest BCUT2D eigenvalue weighted by atomic mass is 10.0. The summed E-state index contributed by atoms with van der Waals surface area (Å²) in [5, 5.41) is 22.2. The average molecular weight is 502 g/mol. The van der Waals surface area contributed by atoms with Gasteiger partial charge in [-0.15, -0.1) is 5.10 Å². The Morgan fingerprint density at radius 1 is 1.09 bits per heavy atom. The highest BCUT2D eigenvalue weighted by Crippen LogP contribution is 2.18. The minimum atomic E-state index is -4.52. The Kier molecular flexibility index (Phi) is 10.6. The monoisotopic (exact) mass is 501 g/mol. The Balaban J connectivity index is 2.26. The zero-order valence-electron chi connectivity index (χ0n) is 19.7. The summed E-state index contributed by atoms with van der Waals surface area (Å²) in [7, 11) is 0. The molecule has 194 valence electrons. The summed E-state index contributed by atoms with van der Waals surface area (Å²) in [6.07, 6.45) is -2.03. The van der Waals surface area contributed by atoms with E-state index < -0.39 is 37.3 Å². The Morgan fingerprint density at radius 2 is 1.77 bits per heavy atom. The SMILES string of the molecule is CC(C)C[C@H](CO)NC(=O)c1nnn(-c2ccc(C(=O)NCC(F)(F)F)cc2)c1CCCCCF. The lowest BCUT2D eigenvalue weighted by Crippen LogP contribution is -2.39. The van der Waals surface area contributed by atoms with E-state index in [1.807, 2.05) is 13.8 Å². The summed E-state index contributed by atoms with van der Waals surface area (Å²) in [6, 6.07) is 5.21. The number of nitrogens with zero attached hydrogens (tertiary/aromatic N) is 3. The molecule has 2 rings (SSSR count). The topological polar surface area (TPSA) is 109 Å². The smallest absolute Gasteiger partial charge is 0.394 e. The van der Waals surface area contributed by atoms with Crippen molar-refractivity contribution in [1.82, 2.24) is 25.6 Å². The van der Waals surface area contributed by atoms with Crippen LogP contribution in [0, 0.1) is 5.92 Å². The first kappa shape index (κ1) is 28.2. The second-order valence-electron chi connectivity index (χ2n) is 8.62. The van der Waals surface area contributed by atoms with Gasteiger partial charge in [0.1, 0.15) is 6.54 Å². The highest BCUT2D eigenvalue weighted by Gasteiger charge is 2.28. The maximum Gasteiger partial charge on any atom is 0.405 e. The molecule has 0 saturated heterocycles. The highest BCUT2D eigenvalue weighted by atomic mass is 19.4. The predicted molar refractivity (Wildman–Crippen MR) is 121 cm³/mol. The molecule has 8 nitrogen and oxygen atoms in total. The zero-order chi connectivity index (χ0) is 26.0. The van der Waals surface area contributed by atoms with Crippen molar-refractivity contribution in [2.45, 2.75) is 58.2 Å². The summed E-state index contributed by atoms with van der Waals surface area (Å²) in [5.41, 5.74) is 1.02. The number of rotatable bonds is 13. The first-order valence-electron chi connectivity index (χ1n) is 11.4. The van der Waals surface area contributed by atoms with E-state index in [1.165, 1.54) is 28.9 Å². The number of carbonyl (C=O) groups excluding carboxylic acids is 2. The van der Waals surface area contributed by atoms with Crippen molar-refractivity contribution in [2.75, 3.05) is 19.8 Å². The van der Waals surface area contributed by atoms with Crippen molar-refractivity contribution in [2.24, 2.45) is 5.92 Å². The molecule has 1 atom stereocenters. The Bertz CT molecular complexity index is 961. The van der Waals surface area contributed by atoms with Crippen LogP contribution in [0.25, 0.3) is 5.69 Å². The number of amides is 2. The van der Waals surface area contributed by atoms with Gasteiger partial charge in [0.15, 0.2) is 5.69 Å². The van der Waals surface area contributed by atoms with Gasteiger partial charge in [-0.2, -0.15) is 13.2 Å². The minimum absolute atomic E-state index is 0.0278.